The van der Waals surface area contributed by atoms with Gasteiger partial charge in [-0.2, -0.15) is 0 Å². The van der Waals surface area contributed by atoms with Gasteiger partial charge in [0.25, 0.3) is 0 Å². The topological polar surface area (TPSA) is 52.3 Å². The lowest BCUT2D eigenvalue weighted by molar-refractivity contribution is 0.186. The minimum absolute atomic E-state index is 0.0826. The summed E-state index contributed by atoms with van der Waals surface area (Å²) >= 11 is 0. The van der Waals surface area contributed by atoms with Gasteiger partial charge in [0.1, 0.15) is 0 Å². The Hall–Kier alpha value is 0.0700. The zero-order valence-corrected chi connectivity index (χ0v) is 6.61. The van der Waals surface area contributed by atoms with Crippen LogP contribution < -0.4 is 5.73 Å². The molecule has 0 heterocycles. The Bertz CT molecular complexity index is 97.0. The highest BCUT2D eigenvalue weighted by Crippen LogP contribution is 1.82. The summed E-state index contributed by atoms with van der Waals surface area (Å²) in [6.07, 6.45) is 1.63. The Morgan fingerprint density at radius 1 is 1.78 bits per heavy atom. The summed E-state index contributed by atoms with van der Waals surface area (Å²) in [7, 11) is 0.780. The third-order valence-corrected chi connectivity index (χ3v) is 1.73. The molecule has 2 N–H and O–H groups in total. The van der Waals surface area contributed by atoms with E-state index in [4.69, 9.17) is 10.5 Å². The van der Waals surface area contributed by atoms with Gasteiger partial charge in [0.2, 0.25) is 0 Å². The Balaban J connectivity index is 3.26. The molecular weight excluding hydrogens is 138 g/mol. The van der Waals surface area contributed by atoms with Gasteiger partial charge in [-0.15, -0.1) is 0 Å². The molecule has 0 fully saturated rings. The van der Waals surface area contributed by atoms with E-state index in [1.807, 2.05) is 0 Å². The van der Waals surface area contributed by atoms with Gasteiger partial charge in [-0.3, -0.25) is 4.21 Å². The van der Waals surface area contributed by atoms with Crippen molar-refractivity contribution >= 4 is 10.8 Å². The number of hydrogen-bond donors (Lipinski definition) is 1. The average molecular weight is 151 g/mol. The summed E-state index contributed by atoms with van der Waals surface area (Å²) < 4.78 is 15.2. The standard InChI is InChI=1S/C5H13NO2S/c1-8-3-5(6)4-9(2)7/h5H,3-4,6H2,1-2H3. The smallest absolute Gasteiger partial charge is 0.0622 e. The number of methoxy groups -OCH3 is 1. The molecule has 0 spiro atoms. The van der Waals surface area contributed by atoms with Crippen LogP contribution in [0.5, 0.6) is 0 Å². The Labute approximate surface area is 58.0 Å². The first kappa shape index (κ1) is 9.07. The maximum atomic E-state index is 10.5. The van der Waals surface area contributed by atoms with Crippen molar-refractivity contribution in [3.63, 3.8) is 0 Å². The lowest BCUT2D eigenvalue weighted by Gasteiger charge is -2.06. The number of nitrogens with two attached hydrogens (primary N) is 1. The first-order valence-electron chi connectivity index (χ1n) is 2.71. The molecule has 0 aliphatic carbocycles. The van der Waals surface area contributed by atoms with E-state index < -0.39 is 10.8 Å². The maximum Gasteiger partial charge on any atom is 0.0622 e. The Morgan fingerprint density at radius 3 is 2.67 bits per heavy atom. The van der Waals surface area contributed by atoms with Crippen LogP contribution in [0.15, 0.2) is 0 Å². The minimum atomic E-state index is -0.802. The normalized spacial score (nSPS) is 17.2. The zero-order valence-electron chi connectivity index (χ0n) is 5.79. The molecule has 0 saturated heterocycles. The van der Waals surface area contributed by atoms with Crippen molar-refractivity contribution in [1.29, 1.82) is 0 Å². The third kappa shape index (κ3) is 5.95. The fourth-order valence-corrected chi connectivity index (χ4v) is 1.26. The molecule has 0 rings (SSSR count). The van der Waals surface area contributed by atoms with E-state index in [0.717, 1.165) is 0 Å². The molecule has 2 unspecified atom stereocenters. The molecule has 3 nitrogen and oxygen atoms in total. The predicted molar refractivity (Wildman–Crippen MR) is 38.8 cm³/mol. The van der Waals surface area contributed by atoms with Crippen molar-refractivity contribution in [2.24, 2.45) is 5.73 Å². The molecule has 4 heteroatoms. The quantitative estimate of drug-likeness (QED) is 0.580. The number of rotatable bonds is 4. The van der Waals surface area contributed by atoms with Crippen molar-refractivity contribution < 1.29 is 8.95 Å². The second kappa shape index (κ2) is 4.90. The van der Waals surface area contributed by atoms with Gasteiger partial charge in [0, 0.05) is 36.0 Å². The van der Waals surface area contributed by atoms with Crippen molar-refractivity contribution in [3.05, 3.63) is 0 Å². The van der Waals surface area contributed by atoms with E-state index in [1.54, 1.807) is 13.4 Å². The average Bonchev–Trinajstić information content (AvgIpc) is 1.63. The molecule has 0 aliphatic heterocycles. The molecule has 0 aromatic heterocycles. The lowest BCUT2D eigenvalue weighted by Crippen LogP contribution is -2.31. The van der Waals surface area contributed by atoms with Crippen molar-refractivity contribution in [1.82, 2.24) is 0 Å². The maximum absolute atomic E-state index is 10.5. The van der Waals surface area contributed by atoms with Crippen LogP contribution >= 0.6 is 0 Å². The second-order valence-corrected chi connectivity index (χ2v) is 3.44. The van der Waals surface area contributed by atoms with Gasteiger partial charge in [-0.05, 0) is 0 Å². The second-order valence-electron chi connectivity index (χ2n) is 1.96. The summed E-state index contributed by atoms with van der Waals surface area (Å²) in [5.41, 5.74) is 5.47. The summed E-state index contributed by atoms with van der Waals surface area (Å²) in [5, 5.41) is 0. The van der Waals surface area contributed by atoms with Crippen LogP contribution in [0.2, 0.25) is 0 Å². The highest BCUT2D eigenvalue weighted by Gasteiger charge is 2.02. The van der Waals surface area contributed by atoms with Crippen LogP contribution in [0.25, 0.3) is 0 Å². The zero-order chi connectivity index (χ0) is 7.28. The minimum Gasteiger partial charge on any atom is -0.383 e. The van der Waals surface area contributed by atoms with Crippen LogP contribution in [-0.4, -0.2) is 36.0 Å². The van der Waals surface area contributed by atoms with Crippen LogP contribution in [-0.2, 0) is 15.5 Å². The molecule has 0 bridgehead atoms. The number of ether oxygens (including phenoxy) is 1. The van der Waals surface area contributed by atoms with Crippen LogP contribution in [0, 0.1) is 0 Å². The Morgan fingerprint density at radius 2 is 2.33 bits per heavy atom. The third-order valence-electron chi connectivity index (χ3n) is 0.830. The van der Waals surface area contributed by atoms with E-state index in [-0.39, 0.29) is 6.04 Å². The van der Waals surface area contributed by atoms with Gasteiger partial charge in [-0.1, -0.05) is 0 Å². The largest absolute Gasteiger partial charge is 0.383 e. The highest BCUT2D eigenvalue weighted by atomic mass is 32.2. The molecule has 0 aromatic carbocycles. The molecule has 0 amide bonds. The van der Waals surface area contributed by atoms with Gasteiger partial charge < -0.3 is 10.5 Å². The summed E-state index contributed by atoms with van der Waals surface area (Å²) in [4.78, 5) is 0. The van der Waals surface area contributed by atoms with Gasteiger partial charge >= 0.3 is 0 Å². The van der Waals surface area contributed by atoms with E-state index in [9.17, 15) is 4.21 Å². The van der Waals surface area contributed by atoms with E-state index in [0.29, 0.717) is 12.4 Å². The van der Waals surface area contributed by atoms with Crippen LogP contribution in [0.1, 0.15) is 0 Å². The first-order chi connectivity index (χ1) is 4.16. The first-order valence-corrected chi connectivity index (χ1v) is 4.44. The molecule has 0 saturated carbocycles. The SMILES string of the molecule is COCC(N)CS(C)=O. The van der Waals surface area contributed by atoms with Crippen molar-refractivity contribution in [2.75, 3.05) is 25.7 Å². The van der Waals surface area contributed by atoms with Gasteiger partial charge in [-0.25, -0.2) is 0 Å². The number of hydrogen-bond acceptors (Lipinski definition) is 3. The van der Waals surface area contributed by atoms with E-state index in [1.165, 1.54) is 0 Å². The summed E-state index contributed by atoms with van der Waals surface area (Å²) in [6, 6.07) is -0.0826. The molecule has 0 aromatic rings. The van der Waals surface area contributed by atoms with Gasteiger partial charge in [0.05, 0.1) is 6.61 Å². The fourth-order valence-electron chi connectivity index (χ4n) is 0.564. The van der Waals surface area contributed by atoms with Crippen molar-refractivity contribution in [3.8, 4) is 0 Å². The summed E-state index contributed by atoms with van der Waals surface area (Å²) in [5.74, 6) is 0.522. The molecular formula is C5H13NO2S. The van der Waals surface area contributed by atoms with Crippen LogP contribution in [0.4, 0.5) is 0 Å². The summed E-state index contributed by atoms with van der Waals surface area (Å²) in [6.45, 7) is 0.486. The van der Waals surface area contributed by atoms with E-state index in [2.05, 4.69) is 0 Å². The molecule has 56 valence electrons. The van der Waals surface area contributed by atoms with Crippen LogP contribution in [0.3, 0.4) is 0 Å². The lowest BCUT2D eigenvalue weighted by atomic mass is 10.4. The Kier molecular flexibility index (Phi) is 4.94. The molecule has 0 aliphatic rings. The molecule has 9 heavy (non-hydrogen) atoms. The fraction of sp³-hybridized carbons (Fsp3) is 1.00. The molecule has 0 radical (unpaired) electrons. The van der Waals surface area contributed by atoms with Gasteiger partial charge in [0.15, 0.2) is 0 Å². The predicted octanol–water partition coefficient (Wildman–Crippen LogP) is -0.661. The van der Waals surface area contributed by atoms with E-state index >= 15 is 0 Å². The monoisotopic (exact) mass is 151 g/mol. The highest BCUT2D eigenvalue weighted by molar-refractivity contribution is 7.84. The van der Waals surface area contributed by atoms with Crippen molar-refractivity contribution in [2.45, 2.75) is 6.04 Å². The molecule has 2 atom stereocenters.